The van der Waals surface area contributed by atoms with Crippen LogP contribution in [0.5, 0.6) is 0 Å². The number of hydrogen-bond acceptors (Lipinski definition) is 19. The van der Waals surface area contributed by atoms with Gasteiger partial charge in [0.2, 0.25) is 59.1 Å². The Hall–Kier alpha value is -5.66. The summed E-state index contributed by atoms with van der Waals surface area (Å²) in [7, 11) is 0. The fraction of sp³-hybridized carbons (Fsp3) is 0.821. The number of nitrogens with one attached hydrogen (secondary N) is 1. The molecule has 85 heavy (non-hydrogen) atoms. The number of rotatable bonds is 44. The normalized spacial score (nSPS) is 13.6. The third-order valence-corrected chi connectivity index (χ3v) is 15.9. The van der Waals surface area contributed by atoms with Gasteiger partial charge in [0.25, 0.3) is 0 Å². The second kappa shape index (κ2) is 41.4. The maximum Gasteiger partial charge on any atom is 0.243 e. The van der Waals surface area contributed by atoms with Gasteiger partial charge >= 0.3 is 0 Å². The molecule has 0 spiro atoms. The minimum atomic E-state index is -1.49. The van der Waals surface area contributed by atoms with Crippen molar-refractivity contribution >= 4 is 59.1 Å². The number of carbonyl (C=O) groups excluding carboxylic acids is 10. The average Bonchev–Trinajstić information content (AvgIpc) is 3.68. The molecule has 10 amide bonds. The van der Waals surface area contributed by atoms with E-state index in [0.29, 0.717) is 19.3 Å². The molecule has 0 aromatic heterocycles. The first-order valence-corrected chi connectivity index (χ1v) is 29.6. The molecule has 29 heteroatoms. The number of aliphatic hydroxyl groups excluding tert-OH is 8. The summed E-state index contributed by atoms with van der Waals surface area (Å²) in [4.78, 5) is 149. The zero-order valence-corrected chi connectivity index (χ0v) is 52.5. The third kappa shape index (κ3) is 24.9. The predicted molar refractivity (Wildman–Crippen MR) is 313 cm³/mol. The first-order valence-electron chi connectivity index (χ1n) is 29.6. The van der Waals surface area contributed by atoms with Crippen LogP contribution in [0.3, 0.4) is 0 Å². The Morgan fingerprint density at radius 3 is 0.647 bits per heavy atom. The van der Waals surface area contributed by atoms with Gasteiger partial charge in [-0.25, -0.2) is 0 Å². The van der Waals surface area contributed by atoms with Crippen LogP contribution in [0.2, 0.25) is 0 Å². The van der Waals surface area contributed by atoms with Crippen LogP contribution in [0.15, 0.2) is 0 Å². The van der Waals surface area contributed by atoms with Crippen LogP contribution in [0.25, 0.3) is 0 Å². The number of amides is 10. The Bertz CT molecular complexity index is 2080. The van der Waals surface area contributed by atoms with Gasteiger partial charge in [0, 0.05) is 36.3 Å². The van der Waals surface area contributed by atoms with E-state index in [9.17, 15) is 88.8 Å². The molecule has 29 nitrogen and oxygen atoms in total. The zero-order chi connectivity index (χ0) is 65.4. The number of nitrogens with zero attached hydrogens (tertiary/aromatic N) is 9. The molecule has 11 N–H and O–H groups in total. The minimum absolute atomic E-state index is 0.0214. The van der Waals surface area contributed by atoms with E-state index < -0.39 is 225 Å². The highest BCUT2D eigenvalue weighted by Crippen LogP contribution is 2.17. The van der Waals surface area contributed by atoms with E-state index in [1.165, 1.54) is 14.7 Å². The average molecular weight is 1220 g/mol. The van der Waals surface area contributed by atoms with Crippen molar-refractivity contribution in [2.75, 3.05) is 118 Å². The van der Waals surface area contributed by atoms with E-state index in [4.69, 9.17) is 5.73 Å². The van der Waals surface area contributed by atoms with E-state index >= 15 is 0 Å². The summed E-state index contributed by atoms with van der Waals surface area (Å²) < 4.78 is 0. The lowest BCUT2D eigenvalue weighted by atomic mass is 10.1. The van der Waals surface area contributed by atoms with E-state index in [1.54, 1.807) is 69.2 Å². The van der Waals surface area contributed by atoms with Gasteiger partial charge in [-0.15, -0.1) is 0 Å². The first kappa shape index (κ1) is 79.3. The van der Waals surface area contributed by atoms with Crippen LogP contribution in [0, 0.1) is 0 Å². The van der Waals surface area contributed by atoms with Crippen LogP contribution >= 0.6 is 0 Å². The number of nitrogens with two attached hydrogens (primary N) is 1. The first-order chi connectivity index (χ1) is 40.1. The van der Waals surface area contributed by atoms with Gasteiger partial charge in [-0.05, 0) is 80.1 Å². The summed E-state index contributed by atoms with van der Waals surface area (Å²) in [5.41, 5.74) is 5.43. The molecule has 0 rings (SSSR count). The highest BCUT2D eigenvalue weighted by molar-refractivity contribution is 5.95. The van der Waals surface area contributed by atoms with Gasteiger partial charge < -0.3 is 96.0 Å². The molecule has 0 aliphatic rings. The lowest BCUT2D eigenvalue weighted by Gasteiger charge is -2.39. The lowest BCUT2D eigenvalue weighted by molar-refractivity contribution is -0.154. The Balaban J connectivity index is 7.25. The maximum absolute atomic E-state index is 14.6. The fourth-order valence-corrected chi connectivity index (χ4v) is 8.82. The SMILES string of the molecule is CCC(C)NCC(=O)N(CC(=O)N(CC(=O)N(CC(=O)N(CC(=O)N(CC(=O)N(CC(=O)N(CC(=O)N(CC(=O)N(CC(N)=O)C(C)CC)C(C)CC)C(CO)CO)C(CO)CO)C(C)CC)C(C)CC)C(CO)CO)C(CO)CO)C(C)CC. The van der Waals surface area contributed by atoms with Gasteiger partial charge in [-0.3, -0.25) is 47.9 Å². The Labute approximate surface area is 502 Å². The quantitative estimate of drug-likeness (QED) is 0.0276. The molecule has 0 saturated heterocycles. The number of aliphatic hydroxyl groups is 8. The number of hydrogen-bond donors (Lipinski definition) is 10. The summed E-state index contributed by atoms with van der Waals surface area (Å²) in [5, 5.41) is 86.0. The molecule has 6 atom stereocenters. The summed E-state index contributed by atoms with van der Waals surface area (Å²) in [6.45, 7) is 6.94. The topological polar surface area (TPSA) is 400 Å². The van der Waals surface area contributed by atoms with Gasteiger partial charge in [0.15, 0.2) is 0 Å². The van der Waals surface area contributed by atoms with Crippen LogP contribution in [-0.4, -0.2) is 323 Å². The van der Waals surface area contributed by atoms with Gasteiger partial charge in [0.05, 0.1) is 90.1 Å². The van der Waals surface area contributed by atoms with Gasteiger partial charge in [-0.1, -0.05) is 41.5 Å². The van der Waals surface area contributed by atoms with Crippen molar-refractivity contribution in [3.8, 4) is 0 Å². The van der Waals surface area contributed by atoms with Crippen LogP contribution < -0.4 is 11.1 Å². The lowest BCUT2D eigenvalue weighted by Crippen LogP contribution is -2.59. The standard InChI is InChI=1S/C56H105N11O18/c1-13-37(7)58-19-48(77)60(39(9)15-3)23-53(82)66(45(33-72)34-73)27-55(84)65(44(31-70)32-71)26-52(81)62(41(11)17-5)22-50(79)63(42(12)18-6)24-54(83)67(46(35-74)36-75)28-56(85)64(43(29-68)30-69)25-51(80)61(40(10)16-4)21-49(78)59(20-47(57)76)38(8)14-2/h37-46,58,68-75H,13-36H2,1-12H3,(H2,57,76). The summed E-state index contributed by atoms with van der Waals surface area (Å²) in [6.07, 6.45) is 2.39. The molecule has 0 aliphatic heterocycles. The smallest absolute Gasteiger partial charge is 0.243 e. The Kier molecular flexibility index (Phi) is 38.7. The largest absolute Gasteiger partial charge is 0.394 e. The van der Waals surface area contributed by atoms with E-state index in [1.807, 2.05) is 13.8 Å². The van der Waals surface area contributed by atoms with Crippen LogP contribution in [0.4, 0.5) is 0 Å². The summed E-state index contributed by atoms with van der Waals surface area (Å²) in [5.74, 6) is -8.31. The molecular weight excluding hydrogens is 1110 g/mol. The van der Waals surface area contributed by atoms with E-state index in [0.717, 1.165) is 35.8 Å². The highest BCUT2D eigenvalue weighted by Gasteiger charge is 2.39. The van der Waals surface area contributed by atoms with Crippen molar-refractivity contribution < 1.29 is 88.8 Å². The number of carbonyl (C=O) groups is 10. The fourth-order valence-electron chi connectivity index (χ4n) is 8.82. The molecule has 0 aliphatic carbocycles. The molecule has 0 heterocycles. The van der Waals surface area contributed by atoms with Crippen molar-refractivity contribution in [1.29, 1.82) is 0 Å². The molecule has 0 radical (unpaired) electrons. The Morgan fingerprint density at radius 1 is 0.294 bits per heavy atom. The maximum atomic E-state index is 14.6. The molecule has 6 unspecified atom stereocenters. The molecule has 0 saturated carbocycles. The van der Waals surface area contributed by atoms with E-state index in [-0.39, 0.29) is 25.4 Å². The zero-order valence-electron chi connectivity index (χ0n) is 52.5. The molecular formula is C56H105N11O18. The highest BCUT2D eigenvalue weighted by atomic mass is 16.3. The van der Waals surface area contributed by atoms with Crippen molar-refractivity contribution in [3.05, 3.63) is 0 Å². The molecule has 492 valence electrons. The van der Waals surface area contributed by atoms with Crippen molar-refractivity contribution in [3.63, 3.8) is 0 Å². The van der Waals surface area contributed by atoms with E-state index in [2.05, 4.69) is 5.32 Å². The van der Waals surface area contributed by atoms with Crippen molar-refractivity contribution in [2.45, 2.75) is 182 Å². The van der Waals surface area contributed by atoms with Crippen molar-refractivity contribution in [1.82, 2.24) is 49.4 Å². The molecule has 0 bridgehead atoms. The second-order valence-electron chi connectivity index (χ2n) is 21.7. The molecule has 0 fully saturated rings. The number of primary amides is 1. The minimum Gasteiger partial charge on any atom is -0.394 e. The van der Waals surface area contributed by atoms with Gasteiger partial charge in [0.1, 0.15) is 52.4 Å². The third-order valence-electron chi connectivity index (χ3n) is 15.9. The Morgan fingerprint density at radius 2 is 0.471 bits per heavy atom. The monoisotopic (exact) mass is 1220 g/mol. The second-order valence-corrected chi connectivity index (χ2v) is 21.7. The summed E-state index contributed by atoms with van der Waals surface area (Å²) >= 11 is 0. The molecule has 0 aromatic carbocycles. The van der Waals surface area contributed by atoms with Crippen molar-refractivity contribution in [2.24, 2.45) is 5.73 Å². The van der Waals surface area contributed by atoms with Crippen LogP contribution in [0.1, 0.15) is 122 Å². The van der Waals surface area contributed by atoms with Crippen LogP contribution in [-0.2, 0) is 47.9 Å². The predicted octanol–water partition coefficient (Wildman–Crippen LogP) is -4.28. The molecule has 0 aromatic rings. The summed E-state index contributed by atoms with van der Waals surface area (Å²) in [6, 6.07) is -8.81. The van der Waals surface area contributed by atoms with Gasteiger partial charge in [-0.2, -0.15) is 0 Å².